The van der Waals surface area contributed by atoms with Gasteiger partial charge in [0, 0.05) is 0 Å². The van der Waals surface area contributed by atoms with Gasteiger partial charge in [-0.1, -0.05) is 23.2 Å². The van der Waals surface area contributed by atoms with Gasteiger partial charge in [0.05, 0.1) is 12.9 Å². The number of nitrogens with zero attached hydrogens (tertiary/aromatic N) is 2. The summed E-state index contributed by atoms with van der Waals surface area (Å²) in [6.07, 6.45) is 1.48. The van der Waals surface area contributed by atoms with Crippen molar-refractivity contribution < 1.29 is 9.21 Å². The zero-order valence-electron chi connectivity index (χ0n) is 8.48. The molecule has 0 aliphatic rings. The molecule has 0 aliphatic heterocycles. The predicted molar refractivity (Wildman–Crippen MR) is 61.7 cm³/mol. The van der Waals surface area contributed by atoms with Crippen LogP contribution in [0.4, 0.5) is 0 Å². The lowest BCUT2D eigenvalue weighted by Crippen LogP contribution is -2.29. The SMILES string of the molecule is NNC(=O)c1ccc(Cn2cnc(Cl)c2Cl)o1. The van der Waals surface area contributed by atoms with Gasteiger partial charge in [0.2, 0.25) is 0 Å². The van der Waals surface area contributed by atoms with Gasteiger partial charge in [-0.05, 0) is 12.1 Å². The van der Waals surface area contributed by atoms with Crippen molar-refractivity contribution in [2.75, 3.05) is 0 Å². The number of hydrazine groups is 1. The van der Waals surface area contributed by atoms with E-state index in [1.54, 1.807) is 10.6 Å². The molecule has 0 bridgehead atoms. The smallest absolute Gasteiger partial charge is 0.300 e. The van der Waals surface area contributed by atoms with Crippen molar-refractivity contribution in [1.82, 2.24) is 15.0 Å². The standard InChI is InChI=1S/C9H8Cl2N4O2/c10-7-8(11)15(4-13-7)3-5-1-2-6(17-5)9(16)14-12/h1-2,4H,3,12H2,(H,14,16). The third-order valence-electron chi connectivity index (χ3n) is 2.08. The topological polar surface area (TPSA) is 86.1 Å². The van der Waals surface area contributed by atoms with Gasteiger partial charge in [0.1, 0.15) is 10.9 Å². The Balaban J connectivity index is 2.17. The van der Waals surface area contributed by atoms with Crippen molar-refractivity contribution in [3.63, 3.8) is 0 Å². The number of nitrogen functional groups attached to an aromatic ring is 1. The zero-order chi connectivity index (χ0) is 12.4. The van der Waals surface area contributed by atoms with E-state index in [-0.39, 0.29) is 10.9 Å². The number of carbonyl (C=O) groups excluding carboxylic acids is 1. The zero-order valence-corrected chi connectivity index (χ0v) is 10.00. The summed E-state index contributed by atoms with van der Waals surface area (Å²) in [6, 6.07) is 3.17. The Morgan fingerprint density at radius 1 is 1.53 bits per heavy atom. The Hall–Kier alpha value is -1.50. The van der Waals surface area contributed by atoms with E-state index in [1.807, 2.05) is 5.43 Å². The molecule has 2 aromatic rings. The molecule has 0 saturated carbocycles. The molecule has 3 N–H and O–H groups in total. The number of furan rings is 1. The fourth-order valence-electron chi connectivity index (χ4n) is 1.28. The number of hydrogen-bond donors (Lipinski definition) is 2. The number of amides is 1. The Morgan fingerprint density at radius 3 is 2.88 bits per heavy atom. The molecule has 90 valence electrons. The highest BCUT2D eigenvalue weighted by atomic mass is 35.5. The highest BCUT2D eigenvalue weighted by Crippen LogP contribution is 2.21. The lowest BCUT2D eigenvalue weighted by molar-refractivity contribution is 0.0924. The number of rotatable bonds is 3. The van der Waals surface area contributed by atoms with E-state index in [9.17, 15) is 4.79 Å². The first kappa shape index (κ1) is 12.0. The van der Waals surface area contributed by atoms with E-state index in [2.05, 4.69) is 4.98 Å². The minimum Gasteiger partial charge on any atom is -0.454 e. The van der Waals surface area contributed by atoms with Gasteiger partial charge in [-0.15, -0.1) is 0 Å². The van der Waals surface area contributed by atoms with Crippen LogP contribution in [-0.4, -0.2) is 15.5 Å². The van der Waals surface area contributed by atoms with Crippen LogP contribution in [0.5, 0.6) is 0 Å². The average Bonchev–Trinajstić information content (AvgIpc) is 2.91. The van der Waals surface area contributed by atoms with Crippen LogP contribution in [-0.2, 0) is 6.54 Å². The summed E-state index contributed by atoms with van der Waals surface area (Å²) in [7, 11) is 0. The van der Waals surface area contributed by atoms with E-state index < -0.39 is 5.91 Å². The third-order valence-corrected chi connectivity index (χ3v) is 2.85. The molecule has 0 aromatic carbocycles. The van der Waals surface area contributed by atoms with Crippen LogP contribution >= 0.6 is 23.2 Å². The summed E-state index contributed by atoms with van der Waals surface area (Å²) in [6.45, 7) is 0.330. The molecule has 0 saturated heterocycles. The van der Waals surface area contributed by atoms with Crippen LogP contribution in [0, 0.1) is 0 Å². The molecule has 0 spiro atoms. The molecule has 0 aliphatic carbocycles. The minimum atomic E-state index is -0.494. The number of carbonyl (C=O) groups is 1. The molecule has 1 amide bonds. The van der Waals surface area contributed by atoms with Crippen molar-refractivity contribution >= 4 is 29.1 Å². The van der Waals surface area contributed by atoms with Gasteiger partial charge < -0.3 is 8.98 Å². The molecule has 0 atom stereocenters. The molecule has 2 rings (SSSR count). The first-order valence-electron chi connectivity index (χ1n) is 4.57. The second-order valence-electron chi connectivity index (χ2n) is 3.19. The van der Waals surface area contributed by atoms with Crippen LogP contribution in [0.15, 0.2) is 22.9 Å². The van der Waals surface area contributed by atoms with Gasteiger partial charge in [-0.25, -0.2) is 10.8 Å². The van der Waals surface area contributed by atoms with Crippen LogP contribution in [0.2, 0.25) is 10.3 Å². The summed E-state index contributed by atoms with van der Waals surface area (Å²) in [5, 5.41) is 0.533. The summed E-state index contributed by atoms with van der Waals surface area (Å²) >= 11 is 11.6. The first-order valence-corrected chi connectivity index (χ1v) is 5.33. The fraction of sp³-hybridized carbons (Fsp3) is 0.111. The van der Waals surface area contributed by atoms with Crippen LogP contribution in [0.3, 0.4) is 0 Å². The number of aromatic nitrogens is 2. The molecule has 6 nitrogen and oxygen atoms in total. The molecular weight excluding hydrogens is 267 g/mol. The number of hydrogen-bond acceptors (Lipinski definition) is 4. The fourth-order valence-corrected chi connectivity index (χ4v) is 1.58. The van der Waals surface area contributed by atoms with E-state index in [1.165, 1.54) is 12.4 Å². The summed E-state index contributed by atoms with van der Waals surface area (Å²) in [4.78, 5) is 15.0. The van der Waals surface area contributed by atoms with Crippen LogP contribution < -0.4 is 11.3 Å². The lowest BCUT2D eigenvalue weighted by atomic mass is 10.4. The average molecular weight is 275 g/mol. The maximum Gasteiger partial charge on any atom is 0.300 e. The number of nitrogens with two attached hydrogens (primary N) is 1. The van der Waals surface area contributed by atoms with Crippen molar-refractivity contribution in [2.24, 2.45) is 5.84 Å². The molecule has 2 heterocycles. The Bertz CT molecular complexity index is 549. The highest BCUT2D eigenvalue weighted by molar-refractivity contribution is 6.40. The van der Waals surface area contributed by atoms with Crippen molar-refractivity contribution in [1.29, 1.82) is 0 Å². The Morgan fingerprint density at radius 2 is 2.29 bits per heavy atom. The third kappa shape index (κ3) is 2.44. The summed E-state index contributed by atoms with van der Waals surface area (Å²) in [5.41, 5.74) is 1.97. The van der Waals surface area contributed by atoms with Crippen molar-refractivity contribution in [2.45, 2.75) is 6.54 Å². The largest absolute Gasteiger partial charge is 0.454 e. The van der Waals surface area contributed by atoms with E-state index in [0.29, 0.717) is 17.5 Å². The van der Waals surface area contributed by atoms with Gasteiger partial charge in [-0.2, -0.15) is 0 Å². The van der Waals surface area contributed by atoms with Crippen LogP contribution in [0.1, 0.15) is 16.3 Å². The maximum absolute atomic E-state index is 11.2. The van der Waals surface area contributed by atoms with Gasteiger partial charge in [0.15, 0.2) is 10.9 Å². The molecule has 2 aromatic heterocycles. The quantitative estimate of drug-likeness (QED) is 0.504. The Labute approximate surface area is 106 Å². The van der Waals surface area contributed by atoms with Crippen molar-refractivity contribution in [3.8, 4) is 0 Å². The number of halogens is 2. The van der Waals surface area contributed by atoms with Gasteiger partial charge >= 0.3 is 5.91 Å². The second-order valence-corrected chi connectivity index (χ2v) is 3.91. The van der Waals surface area contributed by atoms with E-state index in [4.69, 9.17) is 33.5 Å². The molecule has 0 unspecified atom stereocenters. The normalized spacial score (nSPS) is 10.5. The molecule has 8 heteroatoms. The van der Waals surface area contributed by atoms with Gasteiger partial charge in [-0.3, -0.25) is 10.2 Å². The monoisotopic (exact) mass is 274 g/mol. The van der Waals surface area contributed by atoms with Crippen molar-refractivity contribution in [3.05, 3.63) is 40.3 Å². The lowest BCUT2D eigenvalue weighted by Gasteiger charge is -2.00. The van der Waals surface area contributed by atoms with E-state index in [0.717, 1.165) is 0 Å². The Kier molecular flexibility index (Phi) is 3.37. The number of imidazole rings is 1. The first-order chi connectivity index (χ1) is 8.11. The van der Waals surface area contributed by atoms with Crippen LogP contribution in [0.25, 0.3) is 0 Å². The summed E-state index contributed by atoms with van der Waals surface area (Å²) < 4.78 is 6.85. The highest BCUT2D eigenvalue weighted by Gasteiger charge is 2.12. The molecule has 0 radical (unpaired) electrons. The second kappa shape index (κ2) is 4.79. The minimum absolute atomic E-state index is 0.129. The molecule has 17 heavy (non-hydrogen) atoms. The maximum atomic E-state index is 11.2. The summed E-state index contributed by atoms with van der Waals surface area (Å²) in [5.74, 6) is 5.16. The predicted octanol–water partition coefficient (Wildman–Crippen LogP) is 1.43. The van der Waals surface area contributed by atoms with E-state index >= 15 is 0 Å². The molecule has 0 fully saturated rings. The number of nitrogens with one attached hydrogen (secondary N) is 1. The molecular formula is C9H8Cl2N4O2. The van der Waals surface area contributed by atoms with Gasteiger partial charge in [0.25, 0.3) is 0 Å².